The number of rotatable bonds is 5. The Morgan fingerprint density at radius 2 is 2.12 bits per heavy atom. The van der Waals surface area contributed by atoms with Gasteiger partial charge in [-0.05, 0) is 49.5 Å². The van der Waals surface area contributed by atoms with Crippen LogP contribution in [0.25, 0.3) is 11.1 Å². The molecule has 4 heteroatoms. The van der Waals surface area contributed by atoms with E-state index in [1.807, 2.05) is 41.0 Å². The van der Waals surface area contributed by atoms with Crippen molar-refractivity contribution >= 4 is 11.3 Å². The first-order valence-corrected chi connectivity index (χ1v) is 9.35. The summed E-state index contributed by atoms with van der Waals surface area (Å²) in [5.41, 5.74) is 1.17. The molecule has 0 saturated carbocycles. The average molecular weight is 342 g/mol. The second-order valence-electron chi connectivity index (χ2n) is 6.76. The molecule has 1 N–H and O–H groups in total. The molecule has 0 spiro atoms. The number of unbranched alkanes of at least 4 members (excludes halogenated alkanes) is 1. The highest BCUT2D eigenvalue weighted by atomic mass is 32.1. The van der Waals surface area contributed by atoms with Gasteiger partial charge in [-0.25, -0.2) is 0 Å². The van der Waals surface area contributed by atoms with E-state index in [-0.39, 0.29) is 16.0 Å². The van der Waals surface area contributed by atoms with Crippen LogP contribution in [0.2, 0.25) is 0 Å². The Morgan fingerprint density at radius 1 is 1.38 bits per heavy atom. The number of nitrogens with zero attached hydrogens (tertiary/aromatic N) is 1. The highest BCUT2D eigenvalue weighted by Crippen LogP contribution is 2.38. The fourth-order valence-electron chi connectivity index (χ4n) is 3.63. The number of fused-ring (bicyclic) bond motifs is 1. The molecule has 2 aromatic rings. The molecule has 2 heterocycles. The summed E-state index contributed by atoms with van der Waals surface area (Å²) >= 11 is 1.30. The molecule has 1 aliphatic heterocycles. The summed E-state index contributed by atoms with van der Waals surface area (Å²) in [4.78, 5) is 12.8. The average Bonchev–Trinajstić information content (AvgIpc) is 2.57. The van der Waals surface area contributed by atoms with Crippen molar-refractivity contribution in [3.05, 3.63) is 57.5 Å². The Bertz CT molecular complexity index is 797. The minimum absolute atomic E-state index is 0.0439. The zero-order valence-electron chi connectivity index (χ0n) is 14.1. The predicted octanol–water partition coefficient (Wildman–Crippen LogP) is 4.18. The number of hydrogen-bond donors (Lipinski definition) is 1. The molecule has 1 aromatic heterocycles. The van der Waals surface area contributed by atoms with Gasteiger partial charge < -0.3 is 5.11 Å². The molecule has 0 fully saturated rings. The Balaban J connectivity index is 2.09. The summed E-state index contributed by atoms with van der Waals surface area (Å²) < 4.78 is 1.91. The van der Waals surface area contributed by atoms with E-state index in [2.05, 4.69) is 13.5 Å². The van der Waals surface area contributed by atoms with E-state index in [0.717, 1.165) is 49.2 Å². The summed E-state index contributed by atoms with van der Waals surface area (Å²) in [5, 5.41) is 11.8. The molecule has 1 aliphatic rings. The zero-order chi connectivity index (χ0) is 17.2. The van der Waals surface area contributed by atoms with Crippen LogP contribution in [0.5, 0.6) is 5.88 Å². The molecule has 0 amide bonds. The van der Waals surface area contributed by atoms with Crippen molar-refractivity contribution in [1.29, 1.82) is 0 Å². The van der Waals surface area contributed by atoms with Gasteiger partial charge in [0.05, 0.1) is 5.41 Å². The lowest BCUT2D eigenvalue weighted by Gasteiger charge is -2.30. The second-order valence-corrected chi connectivity index (χ2v) is 7.72. The minimum Gasteiger partial charge on any atom is -0.459 e. The van der Waals surface area contributed by atoms with Crippen molar-refractivity contribution in [1.82, 2.24) is 0 Å². The van der Waals surface area contributed by atoms with Crippen molar-refractivity contribution in [2.24, 2.45) is 0 Å². The summed E-state index contributed by atoms with van der Waals surface area (Å²) in [6.45, 7) is 6.78. The van der Waals surface area contributed by atoms with Gasteiger partial charge in [-0.15, -0.1) is 6.58 Å². The van der Waals surface area contributed by atoms with Crippen LogP contribution in [0.15, 0.2) is 47.8 Å². The fourth-order valence-corrected chi connectivity index (χ4v) is 4.85. The van der Waals surface area contributed by atoms with Gasteiger partial charge in [-0.1, -0.05) is 36.4 Å². The van der Waals surface area contributed by atoms with E-state index < -0.39 is 0 Å². The van der Waals surface area contributed by atoms with Crippen LogP contribution in [-0.2, 0) is 12.0 Å². The Morgan fingerprint density at radius 3 is 2.83 bits per heavy atom. The molecular formula is C20H24NO2S+. The van der Waals surface area contributed by atoms with Gasteiger partial charge in [-0.3, -0.25) is 4.79 Å². The van der Waals surface area contributed by atoms with Crippen molar-refractivity contribution in [3.63, 3.8) is 0 Å². The van der Waals surface area contributed by atoms with Crippen LogP contribution in [0.1, 0.15) is 44.0 Å². The van der Waals surface area contributed by atoms with Gasteiger partial charge in [0.1, 0.15) is 0 Å². The molecule has 126 valence electrons. The SMILES string of the molecule is C=CCCCC1(C)CCC[n+]2c1sc(=O)c(-c1ccccc1)c2O. The van der Waals surface area contributed by atoms with Crippen molar-refractivity contribution in [2.75, 3.05) is 0 Å². The van der Waals surface area contributed by atoms with Gasteiger partial charge in [0.25, 0.3) is 4.74 Å². The largest absolute Gasteiger partial charge is 0.459 e. The highest BCUT2D eigenvalue weighted by molar-refractivity contribution is 7.09. The number of allylic oxidation sites excluding steroid dienone is 1. The molecule has 3 nitrogen and oxygen atoms in total. The molecule has 1 unspecified atom stereocenters. The first kappa shape index (κ1) is 16.9. The third kappa shape index (κ3) is 3.03. The van der Waals surface area contributed by atoms with E-state index in [1.165, 1.54) is 11.3 Å². The molecule has 24 heavy (non-hydrogen) atoms. The maximum absolute atomic E-state index is 12.8. The summed E-state index contributed by atoms with van der Waals surface area (Å²) in [6.07, 6.45) is 7.08. The Hall–Kier alpha value is -1.94. The number of hydrogen-bond acceptors (Lipinski definition) is 3. The van der Waals surface area contributed by atoms with Crippen LogP contribution in [0.3, 0.4) is 0 Å². The molecule has 1 aromatic carbocycles. The normalized spacial score (nSPS) is 19.7. The first-order chi connectivity index (χ1) is 11.6. The van der Waals surface area contributed by atoms with Crippen LogP contribution in [0, 0.1) is 0 Å². The van der Waals surface area contributed by atoms with E-state index in [0.29, 0.717) is 5.56 Å². The lowest BCUT2D eigenvalue weighted by Crippen LogP contribution is -2.49. The molecule has 1 atom stereocenters. The Kier molecular flexibility index (Phi) is 4.86. The van der Waals surface area contributed by atoms with Gasteiger partial charge in [-0.2, -0.15) is 4.57 Å². The summed E-state index contributed by atoms with van der Waals surface area (Å²) in [6, 6.07) is 9.45. The lowest BCUT2D eigenvalue weighted by atomic mass is 9.79. The second kappa shape index (κ2) is 6.89. The minimum atomic E-state index is -0.0539. The Labute approximate surface area is 146 Å². The van der Waals surface area contributed by atoms with Gasteiger partial charge >= 0.3 is 5.88 Å². The molecule has 3 rings (SSSR count). The molecule has 0 radical (unpaired) electrons. The molecule has 0 saturated heterocycles. The highest BCUT2D eigenvalue weighted by Gasteiger charge is 2.42. The van der Waals surface area contributed by atoms with Crippen LogP contribution in [0.4, 0.5) is 0 Å². The van der Waals surface area contributed by atoms with Gasteiger partial charge in [0.2, 0.25) is 5.01 Å². The third-order valence-corrected chi connectivity index (χ3v) is 6.24. The summed E-state index contributed by atoms with van der Waals surface area (Å²) in [7, 11) is 0. The zero-order valence-corrected chi connectivity index (χ0v) is 14.9. The van der Waals surface area contributed by atoms with Crippen LogP contribution < -0.4 is 9.31 Å². The standard InChI is InChI=1S/C20H23NO2S/c1-3-4-8-12-20(2)13-9-14-21-17(22)16(18(23)24-19(20)21)15-10-6-5-7-11-15/h3,5-7,10-11H,1,4,8-9,12-14H2,2H3/p+1. The maximum atomic E-state index is 12.8. The van der Waals surface area contributed by atoms with Gasteiger partial charge in [0.15, 0.2) is 12.1 Å². The topological polar surface area (TPSA) is 41.2 Å². The number of aromatic nitrogens is 1. The predicted molar refractivity (Wildman–Crippen MR) is 98.5 cm³/mol. The van der Waals surface area contributed by atoms with E-state index in [4.69, 9.17) is 0 Å². The van der Waals surface area contributed by atoms with Crippen molar-refractivity contribution in [3.8, 4) is 17.0 Å². The monoisotopic (exact) mass is 342 g/mol. The van der Waals surface area contributed by atoms with E-state index >= 15 is 0 Å². The lowest BCUT2D eigenvalue weighted by molar-refractivity contribution is -0.715. The number of aromatic hydroxyl groups is 1. The third-order valence-electron chi connectivity index (χ3n) is 4.94. The molecule has 0 bridgehead atoms. The van der Waals surface area contributed by atoms with Crippen LogP contribution >= 0.6 is 11.3 Å². The number of benzene rings is 1. The first-order valence-electron chi connectivity index (χ1n) is 8.53. The van der Waals surface area contributed by atoms with E-state index in [1.54, 1.807) is 0 Å². The van der Waals surface area contributed by atoms with Gasteiger partial charge in [0, 0.05) is 6.42 Å². The summed E-state index contributed by atoms with van der Waals surface area (Å²) in [5.74, 6) is 0.120. The smallest absolute Gasteiger partial charge is 0.379 e. The van der Waals surface area contributed by atoms with Crippen molar-refractivity contribution < 1.29 is 9.67 Å². The molecular weight excluding hydrogens is 318 g/mol. The van der Waals surface area contributed by atoms with Crippen molar-refractivity contribution in [2.45, 2.75) is 51.0 Å². The van der Waals surface area contributed by atoms with E-state index in [9.17, 15) is 9.90 Å². The quantitative estimate of drug-likeness (QED) is 0.503. The fraction of sp³-hybridized carbons (Fsp3) is 0.400. The van der Waals surface area contributed by atoms with Crippen LogP contribution in [-0.4, -0.2) is 5.11 Å². The maximum Gasteiger partial charge on any atom is 0.379 e. The molecule has 0 aliphatic carbocycles.